The smallest absolute Gasteiger partial charge is 0.254 e. The second-order valence-electron chi connectivity index (χ2n) is 8.25. The van der Waals surface area contributed by atoms with Crippen LogP contribution in [0, 0.1) is 5.82 Å². The molecule has 1 aromatic carbocycles. The highest BCUT2D eigenvalue weighted by Crippen LogP contribution is 2.48. The van der Waals surface area contributed by atoms with Crippen molar-refractivity contribution in [1.29, 1.82) is 0 Å². The zero-order valence-corrected chi connectivity index (χ0v) is 16.8. The first-order valence-electron chi connectivity index (χ1n) is 9.64. The van der Waals surface area contributed by atoms with Crippen molar-refractivity contribution in [2.24, 2.45) is 15.8 Å². The maximum atomic E-state index is 14.0. The third kappa shape index (κ3) is 2.29. The molecule has 4 bridgehead atoms. The molecular formula is C21H23FN5O2+. The molecule has 4 unspecified atom stereocenters. The Morgan fingerprint density at radius 1 is 1.38 bits per heavy atom. The molecule has 0 spiro atoms. The summed E-state index contributed by atoms with van der Waals surface area (Å²) in [5.74, 6) is 0.235. The molecule has 0 radical (unpaired) electrons. The van der Waals surface area contributed by atoms with E-state index < -0.39 is 11.9 Å². The molecule has 4 atom stereocenters. The van der Waals surface area contributed by atoms with Crippen LogP contribution in [0.2, 0.25) is 0 Å². The summed E-state index contributed by atoms with van der Waals surface area (Å²) in [5, 5.41) is 4.91. The van der Waals surface area contributed by atoms with Gasteiger partial charge < -0.3 is 15.4 Å². The zero-order chi connectivity index (χ0) is 20.7. The van der Waals surface area contributed by atoms with Crippen molar-refractivity contribution >= 4 is 17.8 Å². The number of nitrogens with zero attached hydrogens (tertiary/aromatic N) is 4. The number of ether oxygens (including phenoxy) is 1. The molecule has 4 heterocycles. The molecule has 0 aliphatic carbocycles. The van der Waals surface area contributed by atoms with Gasteiger partial charge in [0, 0.05) is 30.0 Å². The van der Waals surface area contributed by atoms with Gasteiger partial charge in [-0.3, -0.25) is 4.79 Å². The summed E-state index contributed by atoms with van der Waals surface area (Å²) in [4.78, 5) is 19.3. The van der Waals surface area contributed by atoms with Crippen molar-refractivity contribution in [3.05, 3.63) is 57.9 Å². The van der Waals surface area contributed by atoms with Gasteiger partial charge in [-0.25, -0.2) is 9.38 Å². The first-order valence-corrected chi connectivity index (χ1v) is 9.64. The van der Waals surface area contributed by atoms with Crippen molar-refractivity contribution in [3.63, 3.8) is 0 Å². The van der Waals surface area contributed by atoms with Gasteiger partial charge >= 0.3 is 0 Å². The predicted molar refractivity (Wildman–Crippen MR) is 106 cm³/mol. The molecule has 0 saturated heterocycles. The molecule has 0 fully saturated rings. The van der Waals surface area contributed by atoms with Gasteiger partial charge in [-0.15, -0.1) is 0 Å². The van der Waals surface area contributed by atoms with Gasteiger partial charge in [0.05, 0.1) is 19.2 Å². The zero-order valence-electron chi connectivity index (χ0n) is 16.8. The van der Waals surface area contributed by atoms with E-state index in [2.05, 4.69) is 4.99 Å². The van der Waals surface area contributed by atoms with E-state index in [1.54, 1.807) is 25.1 Å². The van der Waals surface area contributed by atoms with Crippen molar-refractivity contribution in [3.8, 4) is 0 Å². The third-order valence-corrected chi connectivity index (χ3v) is 6.47. The molecule has 2 N–H and O–H groups in total. The Kier molecular flexibility index (Phi) is 3.59. The van der Waals surface area contributed by atoms with Crippen LogP contribution in [-0.4, -0.2) is 60.0 Å². The van der Waals surface area contributed by atoms with Crippen molar-refractivity contribution < 1.29 is 18.5 Å². The summed E-state index contributed by atoms with van der Waals surface area (Å²) in [7, 11) is 3.80. The largest absolute Gasteiger partial charge is 0.480 e. The predicted octanol–water partition coefficient (Wildman–Crippen LogP) is 2.08. The summed E-state index contributed by atoms with van der Waals surface area (Å²) in [6.07, 6.45) is 1.21. The number of hydrogen-bond acceptors (Lipinski definition) is 5. The van der Waals surface area contributed by atoms with E-state index in [1.165, 1.54) is 18.2 Å². The fourth-order valence-electron chi connectivity index (χ4n) is 5.13. The van der Waals surface area contributed by atoms with Gasteiger partial charge in [-0.2, -0.15) is 4.59 Å². The van der Waals surface area contributed by atoms with E-state index in [1.807, 2.05) is 14.0 Å². The third-order valence-electron chi connectivity index (χ3n) is 6.47. The molecule has 1 aromatic rings. The molecule has 150 valence electrons. The maximum Gasteiger partial charge on any atom is 0.254 e. The van der Waals surface area contributed by atoms with Crippen molar-refractivity contribution in [2.45, 2.75) is 32.0 Å². The lowest BCUT2D eigenvalue weighted by Gasteiger charge is -2.37. The average molecular weight is 396 g/mol. The molecule has 8 heteroatoms. The van der Waals surface area contributed by atoms with E-state index >= 15 is 0 Å². The topological polar surface area (TPSA) is 80.3 Å². The van der Waals surface area contributed by atoms with E-state index in [-0.39, 0.29) is 18.0 Å². The summed E-state index contributed by atoms with van der Waals surface area (Å²) in [6, 6.07) is 3.91. The Morgan fingerprint density at radius 3 is 2.90 bits per heavy atom. The van der Waals surface area contributed by atoms with Gasteiger partial charge in [-0.1, -0.05) is 5.10 Å². The van der Waals surface area contributed by atoms with Crippen LogP contribution in [-0.2, 0) is 4.74 Å². The van der Waals surface area contributed by atoms with Crippen LogP contribution in [0.3, 0.4) is 0 Å². The highest BCUT2D eigenvalue weighted by Gasteiger charge is 2.61. The summed E-state index contributed by atoms with van der Waals surface area (Å²) in [6.45, 7) is 4.25. The monoisotopic (exact) mass is 396 g/mol. The number of likely N-dealkylation sites (N-methyl/N-ethyl adjacent to an activating group) is 2. The summed E-state index contributed by atoms with van der Waals surface area (Å²) >= 11 is 0. The van der Waals surface area contributed by atoms with Crippen LogP contribution >= 0.6 is 0 Å². The minimum Gasteiger partial charge on any atom is -0.480 e. The second kappa shape index (κ2) is 5.76. The van der Waals surface area contributed by atoms with E-state index in [0.717, 1.165) is 16.9 Å². The van der Waals surface area contributed by atoms with Crippen molar-refractivity contribution in [1.82, 2.24) is 4.90 Å². The number of amides is 1. The number of quaternary nitrogens is 1. The molecule has 29 heavy (non-hydrogen) atoms. The fraction of sp³-hybridized carbons (Fsp3) is 0.381. The molecule has 0 saturated carbocycles. The normalized spacial score (nSPS) is 32.9. The van der Waals surface area contributed by atoms with E-state index in [0.29, 0.717) is 33.8 Å². The van der Waals surface area contributed by atoms with Crippen molar-refractivity contribution in [2.75, 3.05) is 20.6 Å². The SMILES string of the molecule is CC1=N[N+]2(C)C3CN(C)C(=O)c4ccc(F)cc4C(C)OC4=C(N)N=CC(=C13)C42. The Balaban J connectivity index is 1.73. The van der Waals surface area contributed by atoms with Gasteiger partial charge in [-0.05, 0) is 32.0 Å². The first kappa shape index (κ1) is 18.1. The van der Waals surface area contributed by atoms with E-state index in [9.17, 15) is 9.18 Å². The number of halogens is 1. The minimum absolute atomic E-state index is 0.0443. The number of carbonyl (C=O) groups is 1. The van der Waals surface area contributed by atoms with Crippen LogP contribution in [0.1, 0.15) is 35.9 Å². The Morgan fingerprint density at radius 2 is 2.14 bits per heavy atom. The molecule has 0 aromatic heterocycles. The number of rotatable bonds is 0. The van der Waals surface area contributed by atoms with E-state index in [4.69, 9.17) is 15.6 Å². The fourth-order valence-corrected chi connectivity index (χ4v) is 5.13. The standard InChI is InChI=1S/C21H23FN5O2/c1-10-17-15-8-24-20(23)19-18(15)27(4,25-10)16(17)9-26(3)21(28)13-6-5-12(22)7-14(13)11(2)29-19/h5-8,11,16,18H,9,23H2,1-4H3/q+1. The minimum atomic E-state index is -0.584. The summed E-state index contributed by atoms with van der Waals surface area (Å²) < 4.78 is 20.6. The lowest BCUT2D eigenvalue weighted by atomic mass is 9.95. The lowest BCUT2D eigenvalue weighted by Crippen LogP contribution is -2.55. The molecule has 1 amide bonds. The maximum absolute atomic E-state index is 14.0. The average Bonchev–Trinajstić information content (AvgIpc) is 3.05. The number of benzene rings is 1. The van der Waals surface area contributed by atoms with Gasteiger partial charge in [0.25, 0.3) is 5.91 Å². The highest BCUT2D eigenvalue weighted by molar-refractivity contribution is 6.07. The number of fused-ring (bicyclic) bond motifs is 1. The van der Waals surface area contributed by atoms with Crippen LogP contribution in [0.5, 0.6) is 0 Å². The lowest BCUT2D eigenvalue weighted by molar-refractivity contribution is -0.939. The molecule has 7 nitrogen and oxygen atoms in total. The number of nitrogens with two attached hydrogens (primary N) is 1. The van der Waals surface area contributed by atoms with Gasteiger partial charge in [0.1, 0.15) is 17.6 Å². The molecule has 5 rings (SSSR count). The molecule has 4 aliphatic rings. The second-order valence-corrected chi connectivity index (χ2v) is 8.25. The highest BCUT2D eigenvalue weighted by atomic mass is 19.1. The molecule has 4 aliphatic heterocycles. The number of hydrogen-bond donors (Lipinski definition) is 1. The Bertz CT molecular complexity index is 1090. The Hall–Kier alpha value is -3.00. The molecular weight excluding hydrogens is 373 g/mol. The van der Waals surface area contributed by atoms with Crippen LogP contribution in [0.4, 0.5) is 4.39 Å². The van der Waals surface area contributed by atoms with Crippen LogP contribution in [0.25, 0.3) is 0 Å². The first-order chi connectivity index (χ1) is 13.7. The Labute approximate surface area is 168 Å². The number of carbonyl (C=O) groups excluding carboxylic acids is 1. The number of aliphatic imine (C=N–C) groups is 1. The van der Waals surface area contributed by atoms with Gasteiger partial charge in [0.2, 0.25) is 11.8 Å². The van der Waals surface area contributed by atoms with Gasteiger partial charge in [0.15, 0.2) is 11.9 Å². The quantitative estimate of drug-likeness (QED) is 0.682. The summed E-state index contributed by atoms with van der Waals surface area (Å²) in [5.41, 5.74) is 10.2. The van der Waals surface area contributed by atoms with Crippen LogP contribution in [0.15, 0.2) is 51.0 Å². The van der Waals surface area contributed by atoms with Crippen LogP contribution < -0.4 is 5.73 Å².